The van der Waals surface area contributed by atoms with Crippen LogP contribution in [0.15, 0.2) is 17.1 Å². The Morgan fingerprint density at radius 1 is 1.27 bits per heavy atom. The summed E-state index contributed by atoms with van der Waals surface area (Å²) in [6.07, 6.45) is 0. The van der Waals surface area contributed by atoms with Crippen molar-refractivity contribution in [2.75, 3.05) is 12.4 Å². The van der Waals surface area contributed by atoms with E-state index in [1.807, 2.05) is 46.8 Å². The van der Waals surface area contributed by atoms with Gasteiger partial charge >= 0.3 is 0 Å². The lowest BCUT2D eigenvalue weighted by Gasteiger charge is -2.07. The number of anilines is 1. The number of hydrogen-bond acceptors (Lipinski definition) is 2. The number of aromatic nitrogens is 1. The molecule has 0 aromatic carbocycles. The van der Waals surface area contributed by atoms with Crippen LogP contribution in [0.4, 0.5) is 5.69 Å². The Balaban J connectivity index is 0.000000921. The molecule has 0 saturated carbocycles. The van der Waals surface area contributed by atoms with E-state index < -0.39 is 0 Å². The summed E-state index contributed by atoms with van der Waals surface area (Å²) in [5.41, 5.74) is 3.06. The van der Waals surface area contributed by atoms with Gasteiger partial charge in [0.1, 0.15) is 0 Å². The van der Waals surface area contributed by atoms with Crippen molar-refractivity contribution in [2.45, 2.75) is 34.6 Å². The van der Waals surface area contributed by atoms with Crippen LogP contribution >= 0.6 is 0 Å². The van der Waals surface area contributed by atoms with Crippen molar-refractivity contribution in [3.63, 3.8) is 0 Å². The van der Waals surface area contributed by atoms with Crippen molar-refractivity contribution in [3.8, 4) is 0 Å². The fraction of sp³-hybridized carbons (Fsp3) is 0.500. The molecule has 1 rings (SSSR count). The lowest BCUT2D eigenvalue weighted by Crippen LogP contribution is -2.08. The van der Waals surface area contributed by atoms with Crippen LogP contribution in [-0.4, -0.2) is 17.9 Å². The van der Waals surface area contributed by atoms with Crippen LogP contribution in [-0.2, 0) is 0 Å². The van der Waals surface area contributed by atoms with Gasteiger partial charge in [0.15, 0.2) is 0 Å². The van der Waals surface area contributed by atoms with Gasteiger partial charge in [-0.15, -0.1) is 0 Å². The summed E-state index contributed by atoms with van der Waals surface area (Å²) < 4.78 is 0. The molecule has 0 amide bonds. The largest absolute Gasteiger partial charge is 0.343 e. The molecular weight excluding hydrogens is 186 g/mol. The first-order valence-electron chi connectivity index (χ1n) is 5.28. The Labute approximate surface area is 92.7 Å². The summed E-state index contributed by atoms with van der Waals surface area (Å²) in [6.45, 7) is 9.90. The lowest BCUT2D eigenvalue weighted by molar-refractivity contribution is 1.12. The molecule has 0 aliphatic carbocycles. The Morgan fingerprint density at radius 2 is 1.87 bits per heavy atom. The number of rotatable bonds is 1. The molecule has 0 atom stereocenters. The molecule has 0 fully saturated rings. The standard InChI is InChI=1S/C10H15N3.C2H6/c1-7-5-6-10(8(2)12-7)13-9(3)11-4;1-2/h5-6H,1-4H3,(H,11,13);1-2H3. The molecule has 15 heavy (non-hydrogen) atoms. The maximum atomic E-state index is 4.34. The van der Waals surface area contributed by atoms with Crippen molar-refractivity contribution in [3.05, 3.63) is 23.5 Å². The van der Waals surface area contributed by atoms with E-state index in [4.69, 9.17) is 0 Å². The van der Waals surface area contributed by atoms with Gasteiger partial charge in [-0.1, -0.05) is 13.8 Å². The van der Waals surface area contributed by atoms with Gasteiger partial charge < -0.3 is 5.32 Å². The highest BCUT2D eigenvalue weighted by atomic mass is 15.0. The average molecular weight is 207 g/mol. The molecule has 0 bridgehead atoms. The Bertz CT molecular complexity index is 330. The van der Waals surface area contributed by atoms with Crippen LogP contribution < -0.4 is 5.32 Å². The van der Waals surface area contributed by atoms with Crippen LogP contribution in [0.25, 0.3) is 0 Å². The third-order valence-corrected chi connectivity index (χ3v) is 1.88. The van der Waals surface area contributed by atoms with E-state index >= 15 is 0 Å². The second kappa shape index (κ2) is 6.98. The molecule has 0 unspecified atom stereocenters. The Kier molecular flexibility index (Phi) is 6.34. The van der Waals surface area contributed by atoms with Gasteiger partial charge in [-0.2, -0.15) is 0 Å². The van der Waals surface area contributed by atoms with Gasteiger partial charge in [0.05, 0.1) is 17.2 Å². The van der Waals surface area contributed by atoms with E-state index in [-0.39, 0.29) is 0 Å². The van der Waals surface area contributed by atoms with Crippen LogP contribution in [0.1, 0.15) is 32.2 Å². The predicted octanol–water partition coefficient (Wildman–Crippen LogP) is 3.18. The van der Waals surface area contributed by atoms with E-state index in [0.29, 0.717) is 0 Å². The van der Waals surface area contributed by atoms with Crippen LogP contribution in [0.3, 0.4) is 0 Å². The topological polar surface area (TPSA) is 37.3 Å². The van der Waals surface area contributed by atoms with Gasteiger partial charge in [-0.3, -0.25) is 9.98 Å². The van der Waals surface area contributed by atoms with Crippen molar-refractivity contribution in [1.29, 1.82) is 0 Å². The molecule has 1 aromatic heterocycles. The molecule has 1 heterocycles. The molecule has 0 aliphatic rings. The molecule has 3 nitrogen and oxygen atoms in total. The van der Waals surface area contributed by atoms with Crippen LogP contribution in [0.5, 0.6) is 0 Å². The third kappa shape index (κ3) is 4.58. The van der Waals surface area contributed by atoms with E-state index in [1.54, 1.807) is 7.05 Å². The fourth-order valence-corrected chi connectivity index (χ4v) is 1.07. The summed E-state index contributed by atoms with van der Waals surface area (Å²) in [7, 11) is 1.76. The van der Waals surface area contributed by atoms with Crippen molar-refractivity contribution >= 4 is 11.5 Å². The predicted molar refractivity (Wildman–Crippen MR) is 67.7 cm³/mol. The molecule has 1 aromatic rings. The molecule has 84 valence electrons. The molecule has 0 aliphatic heterocycles. The van der Waals surface area contributed by atoms with Crippen molar-refractivity contribution in [2.24, 2.45) is 4.99 Å². The molecule has 0 spiro atoms. The molecular formula is C12H21N3. The van der Waals surface area contributed by atoms with E-state index in [2.05, 4.69) is 15.3 Å². The Morgan fingerprint density at radius 3 is 2.33 bits per heavy atom. The number of nitrogens with zero attached hydrogens (tertiary/aromatic N) is 2. The summed E-state index contributed by atoms with van der Waals surface area (Å²) in [5, 5.41) is 3.17. The van der Waals surface area contributed by atoms with E-state index in [0.717, 1.165) is 22.9 Å². The number of aliphatic imine (C=N–C) groups is 1. The highest BCUT2D eigenvalue weighted by Crippen LogP contribution is 2.12. The summed E-state index contributed by atoms with van der Waals surface area (Å²) >= 11 is 0. The number of pyridine rings is 1. The SMILES string of the molecule is CC.CN=C(C)Nc1ccc(C)nc1C. The number of aryl methyl sites for hydroxylation is 2. The van der Waals surface area contributed by atoms with Gasteiger partial charge in [-0.05, 0) is 32.9 Å². The monoisotopic (exact) mass is 207 g/mol. The van der Waals surface area contributed by atoms with Gasteiger partial charge in [-0.25, -0.2) is 0 Å². The normalized spacial score (nSPS) is 10.4. The minimum Gasteiger partial charge on any atom is -0.343 e. The first-order valence-corrected chi connectivity index (χ1v) is 5.28. The first-order chi connectivity index (χ1) is 7.13. The highest BCUT2D eigenvalue weighted by molar-refractivity contribution is 5.93. The zero-order chi connectivity index (χ0) is 11.8. The van der Waals surface area contributed by atoms with Crippen molar-refractivity contribution in [1.82, 2.24) is 4.98 Å². The lowest BCUT2D eigenvalue weighted by atomic mass is 10.3. The van der Waals surface area contributed by atoms with E-state index in [1.165, 1.54) is 0 Å². The van der Waals surface area contributed by atoms with Gasteiger partial charge in [0.25, 0.3) is 0 Å². The average Bonchev–Trinajstić information content (AvgIpc) is 2.25. The molecule has 0 radical (unpaired) electrons. The summed E-state index contributed by atoms with van der Waals surface area (Å²) in [6, 6.07) is 4.00. The first kappa shape index (κ1) is 13.6. The molecule has 3 heteroatoms. The van der Waals surface area contributed by atoms with Gasteiger partial charge in [0, 0.05) is 12.7 Å². The van der Waals surface area contributed by atoms with Crippen LogP contribution in [0, 0.1) is 13.8 Å². The zero-order valence-electron chi connectivity index (χ0n) is 10.5. The number of amidine groups is 1. The maximum Gasteiger partial charge on any atom is 0.0972 e. The minimum absolute atomic E-state index is 0.897. The summed E-state index contributed by atoms with van der Waals surface area (Å²) in [4.78, 5) is 8.37. The van der Waals surface area contributed by atoms with Gasteiger partial charge in [0.2, 0.25) is 0 Å². The third-order valence-electron chi connectivity index (χ3n) is 1.88. The molecule has 1 N–H and O–H groups in total. The van der Waals surface area contributed by atoms with Crippen LogP contribution in [0.2, 0.25) is 0 Å². The second-order valence-electron chi connectivity index (χ2n) is 3.02. The molecule has 0 saturated heterocycles. The quantitative estimate of drug-likeness (QED) is 0.567. The number of nitrogens with one attached hydrogen (secondary N) is 1. The zero-order valence-corrected chi connectivity index (χ0v) is 10.5. The fourth-order valence-electron chi connectivity index (χ4n) is 1.07. The Hall–Kier alpha value is -1.38. The highest BCUT2D eigenvalue weighted by Gasteiger charge is 1.99. The van der Waals surface area contributed by atoms with E-state index in [9.17, 15) is 0 Å². The summed E-state index contributed by atoms with van der Waals surface area (Å²) in [5.74, 6) is 0.897. The second-order valence-corrected chi connectivity index (χ2v) is 3.02. The number of hydrogen-bond donors (Lipinski definition) is 1. The maximum absolute atomic E-state index is 4.34. The minimum atomic E-state index is 0.897. The van der Waals surface area contributed by atoms with Crippen molar-refractivity contribution < 1.29 is 0 Å². The smallest absolute Gasteiger partial charge is 0.0972 e.